The first-order valence-electron chi connectivity index (χ1n) is 13.6. The van der Waals surface area contributed by atoms with Gasteiger partial charge in [0.1, 0.15) is 0 Å². The summed E-state index contributed by atoms with van der Waals surface area (Å²) in [4.78, 5) is 36.1. The molecule has 1 atom stereocenters. The van der Waals surface area contributed by atoms with Gasteiger partial charge in [0, 0.05) is 65.9 Å². The van der Waals surface area contributed by atoms with Crippen LogP contribution in [0.4, 0.5) is 5.69 Å². The summed E-state index contributed by atoms with van der Waals surface area (Å²) in [5, 5.41) is 4.39. The summed E-state index contributed by atoms with van der Waals surface area (Å²) in [5.41, 5.74) is 10.2. The second kappa shape index (κ2) is 12.0. The molecule has 0 saturated heterocycles. The largest absolute Gasteiger partial charge is 0.374 e. The normalized spacial score (nSPS) is 14.0. The van der Waals surface area contributed by atoms with Crippen LogP contribution < -0.4 is 10.2 Å². The van der Waals surface area contributed by atoms with Gasteiger partial charge in [0.25, 0.3) is 5.91 Å². The Morgan fingerprint density at radius 1 is 0.976 bits per heavy atom. The number of aryl methyl sites for hydroxylation is 1. The third kappa shape index (κ3) is 5.67. The van der Waals surface area contributed by atoms with E-state index in [1.807, 2.05) is 30.5 Å². The zero-order valence-electron chi connectivity index (χ0n) is 23.4. The molecule has 206 valence electrons. The molecule has 7 heteroatoms. The number of carbonyl (C=O) groups is 1. The van der Waals surface area contributed by atoms with E-state index in [1.165, 1.54) is 27.9 Å². The highest BCUT2D eigenvalue weighted by atomic mass is 16.2. The van der Waals surface area contributed by atoms with Gasteiger partial charge in [0.15, 0.2) is 0 Å². The molecule has 0 spiro atoms. The molecule has 41 heavy (non-hydrogen) atoms. The average molecular weight is 545 g/mol. The van der Waals surface area contributed by atoms with E-state index in [0.717, 1.165) is 41.7 Å². The maximum Gasteiger partial charge on any atom is 0.373 e. The number of benzene rings is 3. The molecule has 2 aromatic heterocycles. The second-order valence-corrected chi connectivity index (χ2v) is 10.3. The standard InChI is InChI=1S/C33H32N4O.CO2/c1-22-23(2)37(21-24-9-11-26(12-10-24)25-7-5-4-6-8-25)32-14-13-27(19-28(22)32)33(38)35-30-16-18-36(3)31-15-17-34-20-29(30)31;2-1-3/h4-15,17,19-20,30H,16,18,21H2,1-3H3,(H,35,38);/t30-;/m0./s1. The van der Waals surface area contributed by atoms with Gasteiger partial charge in [-0.1, -0.05) is 54.6 Å². The van der Waals surface area contributed by atoms with Gasteiger partial charge < -0.3 is 14.8 Å². The van der Waals surface area contributed by atoms with Crippen molar-refractivity contribution in [1.29, 1.82) is 0 Å². The molecule has 0 radical (unpaired) electrons. The number of nitrogens with zero attached hydrogens (tertiary/aromatic N) is 3. The molecule has 3 aromatic carbocycles. The Balaban J connectivity index is 0.00000108. The topological polar surface area (TPSA) is 84.3 Å². The number of hydrogen-bond donors (Lipinski definition) is 1. The molecule has 0 saturated carbocycles. The highest BCUT2D eigenvalue weighted by molar-refractivity contribution is 5.99. The summed E-state index contributed by atoms with van der Waals surface area (Å²) in [6.07, 6.45) is 4.79. The molecule has 6 rings (SSSR count). The number of rotatable bonds is 5. The van der Waals surface area contributed by atoms with Crippen LogP contribution in [0.2, 0.25) is 0 Å². The number of anilines is 1. The Morgan fingerprint density at radius 2 is 1.68 bits per heavy atom. The fraction of sp³-hybridized carbons (Fsp3) is 0.206. The van der Waals surface area contributed by atoms with Gasteiger partial charge in [-0.15, -0.1) is 0 Å². The Bertz CT molecular complexity index is 1720. The van der Waals surface area contributed by atoms with E-state index in [9.17, 15) is 4.79 Å². The van der Waals surface area contributed by atoms with Crippen LogP contribution in [0.3, 0.4) is 0 Å². The molecule has 0 aliphatic carbocycles. The predicted molar refractivity (Wildman–Crippen MR) is 160 cm³/mol. The van der Waals surface area contributed by atoms with Crippen LogP contribution in [-0.2, 0) is 16.1 Å². The van der Waals surface area contributed by atoms with Gasteiger partial charge in [0.05, 0.1) is 6.04 Å². The summed E-state index contributed by atoms with van der Waals surface area (Å²) in [5.74, 6) is -0.0439. The molecule has 7 nitrogen and oxygen atoms in total. The number of fused-ring (bicyclic) bond motifs is 2. The Labute approximate surface area is 239 Å². The molecular formula is C34H32N4O3. The number of carbonyl (C=O) groups excluding carboxylic acids is 3. The third-order valence-corrected chi connectivity index (χ3v) is 7.98. The SMILES string of the molecule is Cc1c(C)n(Cc2ccc(-c3ccccc3)cc2)c2ccc(C(=O)N[C@H]3CCN(C)c4ccncc43)cc12.O=C=O. The molecule has 3 heterocycles. The van der Waals surface area contributed by atoms with E-state index in [1.54, 1.807) is 6.20 Å². The minimum absolute atomic E-state index is 0.0376. The Kier molecular flexibility index (Phi) is 8.09. The van der Waals surface area contributed by atoms with Crippen molar-refractivity contribution in [3.05, 3.63) is 119 Å². The highest BCUT2D eigenvalue weighted by Gasteiger charge is 2.25. The maximum absolute atomic E-state index is 13.3. The average Bonchev–Trinajstić information content (AvgIpc) is 3.24. The van der Waals surface area contributed by atoms with E-state index < -0.39 is 0 Å². The van der Waals surface area contributed by atoms with Crippen LogP contribution >= 0.6 is 0 Å². The first kappa shape index (κ1) is 27.6. The molecule has 1 aliphatic heterocycles. The molecule has 1 aliphatic rings. The van der Waals surface area contributed by atoms with Crippen LogP contribution in [0, 0.1) is 13.8 Å². The number of aromatic nitrogens is 2. The van der Waals surface area contributed by atoms with Crippen molar-refractivity contribution in [1.82, 2.24) is 14.9 Å². The maximum atomic E-state index is 13.3. The van der Waals surface area contributed by atoms with E-state index in [4.69, 9.17) is 9.59 Å². The van der Waals surface area contributed by atoms with Gasteiger partial charge in [0.2, 0.25) is 0 Å². The Hall–Kier alpha value is -5.00. The zero-order chi connectivity index (χ0) is 28.9. The third-order valence-electron chi connectivity index (χ3n) is 7.98. The summed E-state index contributed by atoms with van der Waals surface area (Å²) >= 11 is 0. The first-order chi connectivity index (χ1) is 19.9. The summed E-state index contributed by atoms with van der Waals surface area (Å²) in [6.45, 7) is 5.99. The van der Waals surface area contributed by atoms with E-state index >= 15 is 0 Å². The molecule has 5 aromatic rings. The smallest absolute Gasteiger partial charge is 0.373 e. The van der Waals surface area contributed by atoms with Crippen molar-refractivity contribution in [2.75, 3.05) is 18.5 Å². The minimum Gasteiger partial charge on any atom is -0.374 e. The quantitative estimate of drug-likeness (QED) is 0.289. The fourth-order valence-corrected chi connectivity index (χ4v) is 5.62. The van der Waals surface area contributed by atoms with Crippen molar-refractivity contribution in [2.24, 2.45) is 0 Å². The van der Waals surface area contributed by atoms with E-state index in [2.05, 4.69) is 95.3 Å². The number of nitrogens with one attached hydrogen (secondary N) is 1. The zero-order valence-corrected chi connectivity index (χ0v) is 23.4. The lowest BCUT2D eigenvalue weighted by molar-refractivity contribution is -0.191. The first-order valence-corrected chi connectivity index (χ1v) is 13.6. The molecule has 1 N–H and O–H groups in total. The monoisotopic (exact) mass is 544 g/mol. The minimum atomic E-state index is -0.0439. The van der Waals surface area contributed by atoms with Gasteiger partial charge in [-0.25, -0.2) is 0 Å². The molecule has 0 fully saturated rings. The lowest BCUT2D eigenvalue weighted by Crippen LogP contribution is -2.36. The fourth-order valence-electron chi connectivity index (χ4n) is 5.62. The number of hydrogen-bond acceptors (Lipinski definition) is 5. The van der Waals surface area contributed by atoms with Crippen LogP contribution in [0.1, 0.15) is 45.2 Å². The van der Waals surface area contributed by atoms with Crippen molar-refractivity contribution in [3.8, 4) is 11.1 Å². The number of amides is 1. The van der Waals surface area contributed by atoms with Gasteiger partial charge in [-0.2, -0.15) is 9.59 Å². The van der Waals surface area contributed by atoms with Gasteiger partial charge in [-0.3, -0.25) is 9.78 Å². The molecular weight excluding hydrogens is 512 g/mol. The van der Waals surface area contributed by atoms with Crippen LogP contribution in [0.5, 0.6) is 0 Å². The second-order valence-electron chi connectivity index (χ2n) is 10.3. The molecule has 1 amide bonds. The summed E-state index contributed by atoms with van der Waals surface area (Å²) < 4.78 is 2.35. The van der Waals surface area contributed by atoms with Crippen molar-refractivity contribution < 1.29 is 14.4 Å². The van der Waals surface area contributed by atoms with Crippen molar-refractivity contribution in [3.63, 3.8) is 0 Å². The lowest BCUT2D eigenvalue weighted by atomic mass is 9.98. The van der Waals surface area contributed by atoms with Crippen LogP contribution in [0.25, 0.3) is 22.0 Å². The van der Waals surface area contributed by atoms with Gasteiger partial charge in [-0.05, 0) is 66.8 Å². The van der Waals surface area contributed by atoms with Crippen molar-refractivity contribution >= 4 is 28.6 Å². The lowest BCUT2D eigenvalue weighted by Gasteiger charge is -2.33. The Morgan fingerprint density at radius 3 is 2.41 bits per heavy atom. The molecule has 0 bridgehead atoms. The predicted octanol–water partition coefficient (Wildman–Crippen LogP) is 6.10. The number of pyridine rings is 1. The summed E-state index contributed by atoms with van der Waals surface area (Å²) in [6, 6.07) is 27.3. The summed E-state index contributed by atoms with van der Waals surface area (Å²) in [7, 11) is 2.08. The molecule has 0 unspecified atom stereocenters. The van der Waals surface area contributed by atoms with Crippen molar-refractivity contribution in [2.45, 2.75) is 32.9 Å². The highest BCUT2D eigenvalue weighted by Crippen LogP contribution is 2.33. The van der Waals surface area contributed by atoms with E-state index in [-0.39, 0.29) is 18.1 Å². The van der Waals surface area contributed by atoms with E-state index in [0.29, 0.717) is 5.56 Å². The van der Waals surface area contributed by atoms with Crippen LogP contribution in [-0.4, -0.2) is 35.2 Å². The van der Waals surface area contributed by atoms with Crippen LogP contribution in [0.15, 0.2) is 91.3 Å². The van der Waals surface area contributed by atoms with Gasteiger partial charge >= 0.3 is 6.15 Å².